The molecule has 2 aromatic rings. The number of hydrogen-bond acceptors (Lipinski definition) is 4. The van der Waals surface area contributed by atoms with Crippen molar-refractivity contribution in [3.8, 4) is 0 Å². The number of carbonyl (C=O) groups excluding carboxylic acids is 1. The molecule has 0 radical (unpaired) electrons. The summed E-state index contributed by atoms with van der Waals surface area (Å²) < 4.78 is 18.5. The van der Waals surface area contributed by atoms with Crippen molar-refractivity contribution < 1.29 is 13.6 Å². The second-order valence-corrected chi connectivity index (χ2v) is 4.36. The molecule has 1 atom stereocenters. The van der Waals surface area contributed by atoms with Crippen LogP contribution in [0, 0.1) is 5.82 Å². The van der Waals surface area contributed by atoms with Crippen molar-refractivity contribution in [1.82, 2.24) is 4.98 Å². The van der Waals surface area contributed by atoms with Gasteiger partial charge in [-0.3, -0.25) is 4.79 Å². The van der Waals surface area contributed by atoms with E-state index < -0.39 is 0 Å². The van der Waals surface area contributed by atoms with Crippen LogP contribution in [0.25, 0.3) is 11.1 Å². The number of primary amides is 1. The smallest absolute Gasteiger partial charge is 0.299 e. The molecule has 5 nitrogen and oxygen atoms in total. The fourth-order valence-corrected chi connectivity index (χ4v) is 2.30. The molecule has 1 saturated heterocycles. The van der Waals surface area contributed by atoms with Crippen molar-refractivity contribution in [3.05, 3.63) is 24.0 Å². The van der Waals surface area contributed by atoms with Crippen LogP contribution < -0.4 is 10.6 Å². The number of amides is 1. The normalized spacial score (nSPS) is 19.6. The van der Waals surface area contributed by atoms with Crippen LogP contribution in [0.3, 0.4) is 0 Å². The summed E-state index contributed by atoms with van der Waals surface area (Å²) in [4.78, 5) is 17.3. The highest BCUT2D eigenvalue weighted by molar-refractivity contribution is 5.84. The Morgan fingerprint density at radius 1 is 1.56 bits per heavy atom. The third kappa shape index (κ3) is 1.70. The van der Waals surface area contributed by atoms with Gasteiger partial charge in [-0.2, -0.15) is 4.98 Å². The molecular formula is C12H12FN3O2. The molecular weight excluding hydrogens is 237 g/mol. The third-order valence-corrected chi connectivity index (χ3v) is 3.17. The van der Waals surface area contributed by atoms with Gasteiger partial charge < -0.3 is 15.1 Å². The fraction of sp³-hybridized carbons (Fsp3) is 0.333. The molecule has 18 heavy (non-hydrogen) atoms. The zero-order chi connectivity index (χ0) is 12.7. The van der Waals surface area contributed by atoms with Gasteiger partial charge in [-0.1, -0.05) is 0 Å². The van der Waals surface area contributed by atoms with Gasteiger partial charge in [0.05, 0.1) is 0 Å². The van der Waals surface area contributed by atoms with Crippen LogP contribution >= 0.6 is 0 Å². The molecule has 6 heteroatoms. The highest BCUT2D eigenvalue weighted by atomic mass is 19.1. The lowest BCUT2D eigenvalue weighted by atomic mass is 10.2. The van der Waals surface area contributed by atoms with E-state index in [1.165, 1.54) is 12.1 Å². The lowest BCUT2D eigenvalue weighted by molar-refractivity contribution is -0.119. The molecule has 1 aliphatic rings. The summed E-state index contributed by atoms with van der Waals surface area (Å²) in [6.45, 7) is 0.670. The summed E-state index contributed by atoms with van der Waals surface area (Å²) >= 11 is 0. The van der Waals surface area contributed by atoms with Gasteiger partial charge in [-0.15, -0.1) is 0 Å². The molecule has 94 valence electrons. The number of fused-ring (bicyclic) bond motifs is 1. The summed E-state index contributed by atoms with van der Waals surface area (Å²) in [5, 5.41) is 0. The fourth-order valence-electron chi connectivity index (χ4n) is 2.30. The van der Waals surface area contributed by atoms with Crippen LogP contribution in [0.15, 0.2) is 22.6 Å². The van der Waals surface area contributed by atoms with Crippen LogP contribution in [0.5, 0.6) is 0 Å². The van der Waals surface area contributed by atoms with Crippen LogP contribution in [-0.2, 0) is 4.79 Å². The summed E-state index contributed by atoms with van der Waals surface area (Å²) in [6.07, 6.45) is 1.56. The lowest BCUT2D eigenvalue weighted by Gasteiger charge is -2.19. The third-order valence-electron chi connectivity index (χ3n) is 3.17. The molecule has 0 spiro atoms. The molecule has 0 aliphatic carbocycles. The summed E-state index contributed by atoms with van der Waals surface area (Å²) in [7, 11) is 0. The topological polar surface area (TPSA) is 72.4 Å². The highest BCUT2D eigenvalue weighted by Gasteiger charge is 2.32. The molecule has 2 heterocycles. The SMILES string of the molecule is NC(=O)C1CCCN1c1nc2ccc(F)cc2o1. The highest BCUT2D eigenvalue weighted by Crippen LogP contribution is 2.28. The molecule has 1 aliphatic heterocycles. The molecule has 1 aromatic heterocycles. The summed E-state index contributed by atoms with van der Waals surface area (Å²) in [5.74, 6) is -0.765. The quantitative estimate of drug-likeness (QED) is 0.873. The number of rotatable bonds is 2. The van der Waals surface area contributed by atoms with Crippen molar-refractivity contribution >= 4 is 23.0 Å². The monoisotopic (exact) mass is 249 g/mol. The summed E-state index contributed by atoms with van der Waals surface area (Å²) in [6, 6.07) is 4.10. The van der Waals surface area contributed by atoms with Crippen molar-refractivity contribution in [2.75, 3.05) is 11.4 Å². The average molecular weight is 249 g/mol. The minimum atomic E-state index is -0.388. The molecule has 3 rings (SSSR count). The predicted molar refractivity (Wildman–Crippen MR) is 63.5 cm³/mol. The number of hydrogen-bond donors (Lipinski definition) is 1. The van der Waals surface area contributed by atoms with E-state index in [0.29, 0.717) is 30.1 Å². The average Bonchev–Trinajstić information content (AvgIpc) is 2.93. The first-order chi connectivity index (χ1) is 8.65. The number of nitrogens with two attached hydrogens (primary N) is 1. The van der Waals surface area contributed by atoms with Gasteiger partial charge in [0.2, 0.25) is 5.91 Å². The Balaban J connectivity index is 2.01. The molecule has 1 aromatic carbocycles. The Kier molecular flexibility index (Phi) is 2.43. The van der Waals surface area contributed by atoms with E-state index in [1.807, 2.05) is 0 Å². The van der Waals surface area contributed by atoms with Crippen molar-refractivity contribution in [3.63, 3.8) is 0 Å². The van der Waals surface area contributed by atoms with Crippen molar-refractivity contribution in [1.29, 1.82) is 0 Å². The maximum absolute atomic E-state index is 13.1. The maximum Gasteiger partial charge on any atom is 0.299 e. The van der Waals surface area contributed by atoms with E-state index in [2.05, 4.69) is 4.98 Å². The minimum Gasteiger partial charge on any atom is -0.423 e. The molecule has 1 fully saturated rings. The number of nitrogens with zero attached hydrogens (tertiary/aromatic N) is 2. The second-order valence-electron chi connectivity index (χ2n) is 4.36. The molecule has 0 bridgehead atoms. The van der Waals surface area contributed by atoms with E-state index in [0.717, 1.165) is 6.42 Å². The second kappa shape index (κ2) is 3.97. The zero-order valence-corrected chi connectivity index (χ0v) is 9.60. The molecule has 2 N–H and O–H groups in total. The maximum atomic E-state index is 13.1. The lowest BCUT2D eigenvalue weighted by Crippen LogP contribution is -2.40. The number of carbonyl (C=O) groups is 1. The van der Waals surface area contributed by atoms with E-state index in [4.69, 9.17) is 10.2 Å². The van der Waals surface area contributed by atoms with Crippen molar-refractivity contribution in [2.45, 2.75) is 18.9 Å². The van der Waals surface area contributed by atoms with Gasteiger partial charge in [-0.25, -0.2) is 4.39 Å². The predicted octanol–water partition coefficient (Wildman–Crippen LogP) is 1.42. The van der Waals surface area contributed by atoms with Gasteiger partial charge in [0.25, 0.3) is 6.01 Å². The number of anilines is 1. The largest absolute Gasteiger partial charge is 0.423 e. The Bertz CT molecular complexity index is 610. The van der Waals surface area contributed by atoms with E-state index in [1.54, 1.807) is 11.0 Å². The molecule has 1 unspecified atom stereocenters. The first kappa shape index (κ1) is 11.0. The number of aromatic nitrogens is 1. The van der Waals surface area contributed by atoms with Gasteiger partial charge in [-0.05, 0) is 25.0 Å². The standard InChI is InChI=1S/C12H12FN3O2/c13-7-3-4-8-10(6-7)18-12(15-8)16-5-1-2-9(16)11(14)17/h3-4,6,9H,1-2,5H2,(H2,14,17). The van der Waals surface area contributed by atoms with Gasteiger partial charge >= 0.3 is 0 Å². The number of halogens is 1. The first-order valence-corrected chi connectivity index (χ1v) is 5.77. The van der Waals surface area contributed by atoms with Crippen LogP contribution in [0.4, 0.5) is 10.4 Å². The van der Waals surface area contributed by atoms with E-state index in [-0.39, 0.29) is 17.8 Å². The van der Waals surface area contributed by atoms with Gasteiger partial charge in [0.1, 0.15) is 17.4 Å². The molecule has 1 amide bonds. The summed E-state index contributed by atoms with van der Waals surface area (Å²) in [5.41, 5.74) is 6.28. The van der Waals surface area contributed by atoms with E-state index in [9.17, 15) is 9.18 Å². The minimum absolute atomic E-state index is 0.330. The first-order valence-electron chi connectivity index (χ1n) is 5.77. The Hall–Kier alpha value is -2.11. The van der Waals surface area contributed by atoms with Gasteiger partial charge in [0, 0.05) is 12.6 Å². The van der Waals surface area contributed by atoms with Gasteiger partial charge in [0.15, 0.2) is 5.58 Å². The molecule has 0 saturated carbocycles. The number of benzene rings is 1. The Morgan fingerprint density at radius 3 is 3.17 bits per heavy atom. The van der Waals surface area contributed by atoms with Crippen LogP contribution in [0.1, 0.15) is 12.8 Å². The number of oxazole rings is 1. The van der Waals surface area contributed by atoms with Crippen LogP contribution in [0.2, 0.25) is 0 Å². The van der Waals surface area contributed by atoms with Crippen LogP contribution in [-0.4, -0.2) is 23.5 Å². The van der Waals surface area contributed by atoms with E-state index >= 15 is 0 Å². The Morgan fingerprint density at radius 2 is 2.39 bits per heavy atom. The Labute approximate surface area is 102 Å². The zero-order valence-electron chi connectivity index (χ0n) is 9.60. The van der Waals surface area contributed by atoms with Crippen molar-refractivity contribution in [2.24, 2.45) is 5.73 Å².